The second kappa shape index (κ2) is 4.69. The molecule has 1 saturated carbocycles. The van der Waals surface area contributed by atoms with E-state index in [0.29, 0.717) is 12.0 Å². The third kappa shape index (κ3) is 2.32. The molecule has 2 atom stereocenters. The summed E-state index contributed by atoms with van der Waals surface area (Å²) in [6.07, 6.45) is 7.69. The number of hydrogen-bond donors (Lipinski definition) is 1. The zero-order valence-electron chi connectivity index (χ0n) is 10.3. The first-order valence-corrected chi connectivity index (χ1v) is 6.83. The summed E-state index contributed by atoms with van der Waals surface area (Å²) < 4.78 is 6.08. The summed E-state index contributed by atoms with van der Waals surface area (Å²) in [5, 5.41) is 0. The van der Waals surface area contributed by atoms with E-state index in [2.05, 4.69) is 18.2 Å². The van der Waals surface area contributed by atoms with Gasteiger partial charge in [-0.1, -0.05) is 6.07 Å². The van der Waals surface area contributed by atoms with Gasteiger partial charge in [-0.2, -0.15) is 0 Å². The van der Waals surface area contributed by atoms with Gasteiger partial charge < -0.3 is 10.5 Å². The lowest BCUT2D eigenvalue weighted by molar-refractivity contribution is 0.204. The van der Waals surface area contributed by atoms with E-state index in [1.54, 1.807) is 0 Å². The van der Waals surface area contributed by atoms with E-state index in [1.165, 1.54) is 43.2 Å². The van der Waals surface area contributed by atoms with Crippen LogP contribution >= 0.6 is 0 Å². The smallest absolute Gasteiger partial charge is 0.120 e. The summed E-state index contributed by atoms with van der Waals surface area (Å²) in [5.74, 6) is 1.74. The molecule has 1 aromatic carbocycles. The van der Waals surface area contributed by atoms with Crippen molar-refractivity contribution < 1.29 is 4.74 Å². The van der Waals surface area contributed by atoms with Crippen LogP contribution in [0.15, 0.2) is 18.2 Å². The first-order chi connectivity index (χ1) is 8.35. The van der Waals surface area contributed by atoms with Crippen LogP contribution in [-0.4, -0.2) is 12.6 Å². The van der Waals surface area contributed by atoms with Crippen LogP contribution in [0.25, 0.3) is 0 Å². The van der Waals surface area contributed by atoms with Crippen molar-refractivity contribution in [3.8, 4) is 5.75 Å². The van der Waals surface area contributed by atoms with E-state index < -0.39 is 0 Å². The Morgan fingerprint density at radius 1 is 1.18 bits per heavy atom. The summed E-state index contributed by atoms with van der Waals surface area (Å²) >= 11 is 0. The molecule has 3 rings (SSSR count). The Morgan fingerprint density at radius 2 is 2.06 bits per heavy atom. The molecule has 0 bridgehead atoms. The summed E-state index contributed by atoms with van der Waals surface area (Å²) in [6, 6.07) is 6.63. The Bertz CT molecular complexity index is 402. The fraction of sp³-hybridized carbons (Fsp3) is 0.600. The van der Waals surface area contributed by atoms with Crippen molar-refractivity contribution in [2.75, 3.05) is 6.54 Å². The minimum absolute atomic E-state index is 0.392. The van der Waals surface area contributed by atoms with E-state index in [0.717, 1.165) is 18.7 Å². The number of nitrogens with two attached hydrogens (primary N) is 1. The Balaban J connectivity index is 1.65. The zero-order chi connectivity index (χ0) is 11.7. The summed E-state index contributed by atoms with van der Waals surface area (Å²) in [4.78, 5) is 0. The minimum Gasteiger partial charge on any atom is -0.490 e. The fourth-order valence-corrected chi connectivity index (χ4v) is 3.16. The Hall–Kier alpha value is -1.02. The van der Waals surface area contributed by atoms with Gasteiger partial charge in [0, 0.05) is 0 Å². The van der Waals surface area contributed by atoms with Crippen LogP contribution in [0.1, 0.15) is 36.8 Å². The van der Waals surface area contributed by atoms with Gasteiger partial charge in [-0.15, -0.1) is 0 Å². The fourth-order valence-electron chi connectivity index (χ4n) is 3.16. The van der Waals surface area contributed by atoms with Crippen LogP contribution in [0, 0.1) is 5.92 Å². The predicted molar refractivity (Wildman–Crippen MR) is 69.3 cm³/mol. The van der Waals surface area contributed by atoms with Crippen LogP contribution in [-0.2, 0) is 12.8 Å². The molecule has 2 aliphatic rings. The van der Waals surface area contributed by atoms with E-state index in [1.807, 2.05) is 0 Å². The van der Waals surface area contributed by atoms with Crippen molar-refractivity contribution in [2.24, 2.45) is 11.7 Å². The van der Waals surface area contributed by atoms with Crippen molar-refractivity contribution in [1.82, 2.24) is 0 Å². The second-order valence-electron chi connectivity index (χ2n) is 5.44. The quantitative estimate of drug-likeness (QED) is 0.868. The number of aryl methyl sites for hydroxylation is 2. The lowest BCUT2D eigenvalue weighted by Gasteiger charge is -2.14. The lowest BCUT2D eigenvalue weighted by atomic mass is 10.1. The summed E-state index contributed by atoms with van der Waals surface area (Å²) in [7, 11) is 0. The Labute approximate surface area is 103 Å². The van der Waals surface area contributed by atoms with E-state index in [4.69, 9.17) is 10.5 Å². The van der Waals surface area contributed by atoms with Crippen molar-refractivity contribution in [1.29, 1.82) is 0 Å². The van der Waals surface area contributed by atoms with Crippen LogP contribution in [0.2, 0.25) is 0 Å². The van der Waals surface area contributed by atoms with E-state index >= 15 is 0 Å². The molecule has 2 N–H and O–H groups in total. The number of ether oxygens (including phenoxy) is 1. The maximum absolute atomic E-state index is 6.08. The van der Waals surface area contributed by atoms with Crippen LogP contribution in [0.5, 0.6) is 5.75 Å². The average Bonchev–Trinajstić information content (AvgIpc) is 2.96. The molecule has 0 aliphatic heterocycles. The molecule has 0 radical (unpaired) electrons. The number of fused-ring (bicyclic) bond motifs is 1. The molecule has 0 spiro atoms. The third-order valence-corrected chi connectivity index (χ3v) is 4.20. The molecule has 0 saturated heterocycles. The molecule has 2 heteroatoms. The standard InChI is InChI=1S/C15H21NO/c16-10-11-4-6-14(8-11)17-15-7-5-12-2-1-3-13(12)9-15/h5,7,9,11,14H,1-4,6,8,10,16H2. The lowest BCUT2D eigenvalue weighted by Crippen LogP contribution is -2.15. The monoisotopic (exact) mass is 231 g/mol. The molecular formula is C15H21NO. The molecule has 2 aliphatic carbocycles. The third-order valence-electron chi connectivity index (χ3n) is 4.20. The van der Waals surface area contributed by atoms with Gasteiger partial charge >= 0.3 is 0 Å². The first kappa shape index (κ1) is 11.1. The highest BCUT2D eigenvalue weighted by Crippen LogP contribution is 2.31. The molecule has 17 heavy (non-hydrogen) atoms. The van der Waals surface area contributed by atoms with Gasteiger partial charge in [-0.3, -0.25) is 0 Å². The molecule has 2 nitrogen and oxygen atoms in total. The minimum atomic E-state index is 0.392. The topological polar surface area (TPSA) is 35.2 Å². The average molecular weight is 231 g/mol. The van der Waals surface area contributed by atoms with E-state index in [9.17, 15) is 0 Å². The van der Waals surface area contributed by atoms with Crippen molar-refractivity contribution in [2.45, 2.75) is 44.6 Å². The molecule has 1 aromatic rings. The van der Waals surface area contributed by atoms with Crippen LogP contribution in [0.3, 0.4) is 0 Å². The molecule has 0 amide bonds. The van der Waals surface area contributed by atoms with Crippen molar-refractivity contribution in [3.63, 3.8) is 0 Å². The zero-order valence-corrected chi connectivity index (χ0v) is 10.3. The molecule has 0 aromatic heterocycles. The Morgan fingerprint density at radius 3 is 2.88 bits per heavy atom. The number of hydrogen-bond acceptors (Lipinski definition) is 2. The highest BCUT2D eigenvalue weighted by Gasteiger charge is 2.25. The first-order valence-electron chi connectivity index (χ1n) is 6.83. The number of rotatable bonds is 3. The maximum atomic E-state index is 6.08. The van der Waals surface area contributed by atoms with Gasteiger partial charge in [-0.25, -0.2) is 0 Å². The van der Waals surface area contributed by atoms with Crippen molar-refractivity contribution >= 4 is 0 Å². The van der Waals surface area contributed by atoms with Crippen molar-refractivity contribution in [3.05, 3.63) is 29.3 Å². The Kier molecular flexibility index (Phi) is 3.06. The van der Waals surface area contributed by atoms with Crippen LogP contribution < -0.4 is 10.5 Å². The predicted octanol–water partition coefficient (Wildman–Crippen LogP) is 2.68. The summed E-state index contributed by atoms with van der Waals surface area (Å²) in [5.41, 5.74) is 8.72. The highest BCUT2D eigenvalue weighted by molar-refractivity contribution is 5.38. The molecule has 2 unspecified atom stereocenters. The van der Waals surface area contributed by atoms with Gasteiger partial charge in [0.15, 0.2) is 0 Å². The normalized spacial score (nSPS) is 27.1. The van der Waals surface area contributed by atoms with Gasteiger partial charge in [0.2, 0.25) is 0 Å². The highest BCUT2D eigenvalue weighted by atomic mass is 16.5. The molecule has 1 fully saturated rings. The van der Waals surface area contributed by atoms with Gasteiger partial charge in [0.1, 0.15) is 5.75 Å². The molecule has 92 valence electrons. The van der Waals surface area contributed by atoms with Crippen LogP contribution in [0.4, 0.5) is 0 Å². The molecule has 0 heterocycles. The second-order valence-corrected chi connectivity index (χ2v) is 5.44. The SMILES string of the molecule is NCC1CCC(Oc2ccc3c(c2)CCC3)C1. The van der Waals surface area contributed by atoms with Gasteiger partial charge in [0.05, 0.1) is 6.10 Å². The summed E-state index contributed by atoms with van der Waals surface area (Å²) in [6.45, 7) is 0.810. The number of benzene rings is 1. The maximum Gasteiger partial charge on any atom is 0.120 e. The molecular weight excluding hydrogens is 210 g/mol. The van der Waals surface area contributed by atoms with Gasteiger partial charge in [-0.05, 0) is 74.2 Å². The van der Waals surface area contributed by atoms with Gasteiger partial charge in [0.25, 0.3) is 0 Å². The largest absolute Gasteiger partial charge is 0.490 e. The van der Waals surface area contributed by atoms with E-state index in [-0.39, 0.29) is 0 Å².